The van der Waals surface area contributed by atoms with Crippen LogP contribution in [0, 0.1) is 0 Å². The quantitative estimate of drug-likeness (QED) is 0.145. The number of anilines is 1. The average molecular weight is 469 g/mol. The predicted molar refractivity (Wildman–Crippen MR) is 115 cm³/mol. The van der Waals surface area contributed by atoms with Crippen LogP contribution in [0.15, 0.2) is 90.2 Å². The fraction of sp³-hybridized carbons (Fsp3) is 0. The summed E-state index contributed by atoms with van der Waals surface area (Å²) in [7, 11) is 9.90. The average Bonchev–Trinajstić information content (AvgIpc) is 2.71. The molecule has 2 aromatic carbocycles. The Hall–Kier alpha value is -1.85. The number of nitrogens with zero attached hydrogens (tertiary/aromatic N) is 3. The van der Waals surface area contributed by atoms with Crippen LogP contribution >= 0.6 is 19.4 Å². The summed E-state index contributed by atoms with van der Waals surface area (Å²) in [5.41, 5.74) is 7.49. The molecule has 3 aromatic rings. The van der Waals surface area contributed by atoms with E-state index in [2.05, 4.69) is 33.0 Å². The van der Waals surface area contributed by atoms with Gasteiger partial charge in [-0.15, -0.1) is 0 Å². The van der Waals surface area contributed by atoms with E-state index in [1.165, 1.54) is 0 Å². The number of hydrogen-bond donors (Lipinski definition) is 1. The molecule has 0 aliphatic rings. The molecule has 3 rings (SSSR count). The Balaban J connectivity index is 0.000000817. The molecule has 4 nitrogen and oxygen atoms in total. The SMILES string of the molecule is [Cl][Zn][Cl].[SH+]=C([N-]N=C(c1ccccc1)c1ccccn1)Nc1ccccc1. The van der Waals surface area contributed by atoms with Crippen LogP contribution in [0.4, 0.5) is 5.69 Å². The van der Waals surface area contributed by atoms with Crippen molar-refractivity contribution in [1.82, 2.24) is 4.98 Å². The maximum atomic E-state index is 4.95. The van der Waals surface area contributed by atoms with Crippen molar-refractivity contribution in [3.05, 3.63) is 102 Å². The third-order valence-corrected chi connectivity index (χ3v) is 3.43. The molecule has 0 aliphatic heterocycles. The van der Waals surface area contributed by atoms with E-state index in [1.807, 2.05) is 78.9 Å². The van der Waals surface area contributed by atoms with E-state index in [-0.39, 0.29) is 0 Å². The van der Waals surface area contributed by atoms with Gasteiger partial charge < -0.3 is 15.8 Å². The van der Waals surface area contributed by atoms with E-state index in [1.54, 1.807) is 6.20 Å². The minimum atomic E-state index is -0.931. The minimum Gasteiger partial charge on any atom is -0.509 e. The number of pyridine rings is 1. The number of thiol groups is 1. The Bertz CT molecular complexity index is 808. The van der Waals surface area contributed by atoms with Gasteiger partial charge in [-0.1, -0.05) is 54.6 Å². The van der Waals surface area contributed by atoms with E-state index in [9.17, 15) is 0 Å². The monoisotopic (exact) mass is 466 g/mol. The van der Waals surface area contributed by atoms with Gasteiger partial charge in [-0.3, -0.25) is 4.98 Å². The van der Waals surface area contributed by atoms with Crippen LogP contribution in [0.3, 0.4) is 0 Å². The smallest absolute Gasteiger partial charge is 0.212 e. The van der Waals surface area contributed by atoms with Gasteiger partial charge in [0.25, 0.3) is 0 Å². The van der Waals surface area contributed by atoms with Gasteiger partial charge in [0.2, 0.25) is 5.11 Å². The molecule has 0 bridgehead atoms. The number of aromatic nitrogens is 1. The van der Waals surface area contributed by atoms with Crippen LogP contribution < -0.4 is 5.32 Å². The van der Waals surface area contributed by atoms with Crippen LogP contribution in [0.2, 0.25) is 0 Å². The Morgan fingerprint density at radius 3 is 2.11 bits per heavy atom. The first-order valence-electron chi connectivity index (χ1n) is 8.00. The molecular formula is C19H16Cl2N4SZn. The summed E-state index contributed by atoms with van der Waals surface area (Å²) in [5, 5.41) is 7.86. The van der Waals surface area contributed by atoms with Crippen molar-refractivity contribution in [2.75, 3.05) is 5.32 Å². The molecule has 0 saturated carbocycles. The third kappa shape index (κ3) is 7.73. The molecule has 0 spiro atoms. The first kappa shape index (κ1) is 21.5. The minimum absolute atomic E-state index is 0.408. The fourth-order valence-electron chi connectivity index (χ4n) is 2.13. The van der Waals surface area contributed by atoms with Crippen LogP contribution in [-0.2, 0) is 27.4 Å². The van der Waals surface area contributed by atoms with Crippen molar-refractivity contribution in [2.45, 2.75) is 0 Å². The van der Waals surface area contributed by atoms with Crippen LogP contribution in [-0.4, -0.2) is 15.8 Å². The molecule has 0 aliphatic carbocycles. The Kier molecular flexibility index (Phi) is 9.95. The Morgan fingerprint density at radius 2 is 1.52 bits per heavy atom. The van der Waals surface area contributed by atoms with Crippen LogP contribution in [0.5, 0.6) is 0 Å². The second-order valence-electron chi connectivity index (χ2n) is 5.05. The molecule has 27 heavy (non-hydrogen) atoms. The molecule has 1 aromatic heterocycles. The van der Waals surface area contributed by atoms with Gasteiger partial charge >= 0.3 is 34.5 Å². The van der Waals surface area contributed by atoms with Gasteiger partial charge in [0.05, 0.1) is 11.4 Å². The van der Waals surface area contributed by atoms with Crippen molar-refractivity contribution in [3.63, 3.8) is 0 Å². The largest absolute Gasteiger partial charge is 0.509 e. The van der Waals surface area contributed by atoms with Gasteiger partial charge in [-0.25, -0.2) is 0 Å². The molecule has 0 amide bonds. The molecule has 0 fully saturated rings. The normalized spacial score (nSPS) is 10.1. The van der Waals surface area contributed by atoms with Crippen LogP contribution in [0.25, 0.3) is 5.43 Å². The predicted octanol–water partition coefficient (Wildman–Crippen LogP) is 5.06. The Labute approximate surface area is 179 Å². The van der Waals surface area contributed by atoms with Crippen molar-refractivity contribution >= 4 is 48.1 Å². The van der Waals surface area contributed by atoms with E-state index < -0.39 is 15.1 Å². The van der Waals surface area contributed by atoms with Gasteiger partial charge in [-0.2, -0.15) is 0 Å². The standard InChI is InChI=1S/C19H16N4S.2ClH.Zn/c24-19(21-16-11-5-2-6-12-16)23-22-18(15-9-3-1-4-10-15)17-13-7-8-14-20-17;;;/h1-14H,(H2,20,21,23,24);2*1H;/q;;;+2/p-2. The first-order chi connectivity index (χ1) is 13.2. The number of hydrogen-bond acceptors (Lipinski definition) is 2. The second-order valence-corrected chi connectivity index (χ2v) is 10.1. The fourth-order valence-corrected chi connectivity index (χ4v) is 2.30. The topological polar surface area (TPSA) is 51.4 Å². The number of benzene rings is 2. The van der Waals surface area contributed by atoms with Gasteiger partial charge in [0, 0.05) is 17.4 Å². The van der Waals surface area contributed by atoms with Crippen molar-refractivity contribution < 1.29 is 15.1 Å². The molecule has 8 heteroatoms. The molecule has 0 radical (unpaired) electrons. The summed E-state index contributed by atoms with van der Waals surface area (Å²) in [6, 6.07) is 25.2. The van der Waals surface area contributed by atoms with Gasteiger partial charge in [0.15, 0.2) is 12.2 Å². The first-order valence-corrected chi connectivity index (χ1v) is 16.2. The number of rotatable bonds is 4. The van der Waals surface area contributed by atoms with Crippen molar-refractivity contribution in [3.8, 4) is 0 Å². The molecule has 1 N–H and O–H groups in total. The maximum Gasteiger partial charge on any atom is 0.212 e. The zero-order valence-electron chi connectivity index (χ0n) is 14.3. The molecule has 0 unspecified atom stereocenters. The Morgan fingerprint density at radius 1 is 0.926 bits per heavy atom. The third-order valence-electron chi connectivity index (χ3n) is 3.23. The summed E-state index contributed by atoms with van der Waals surface area (Å²) in [6.45, 7) is 0. The summed E-state index contributed by atoms with van der Waals surface area (Å²) in [6.07, 6.45) is 1.74. The van der Waals surface area contributed by atoms with Gasteiger partial charge in [-0.05, 0) is 24.3 Å². The molecule has 134 valence electrons. The van der Waals surface area contributed by atoms with E-state index in [0.717, 1.165) is 16.9 Å². The zero-order valence-corrected chi connectivity index (χ0v) is 19.7. The molecule has 0 saturated heterocycles. The van der Waals surface area contributed by atoms with Crippen molar-refractivity contribution in [1.29, 1.82) is 0 Å². The van der Waals surface area contributed by atoms with Crippen LogP contribution in [0.1, 0.15) is 11.3 Å². The second kappa shape index (κ2) is 12.5. The van der Waals surface area contributed by atoms with E-state index >= 15 is 0 Å². The van der Waals surface area contributed by atoms with Gasteiger partial charge in [0.1, 0.15) is 0 Å². The number of nitrogens with one attached hydrogen (secondary N) is 1. The van der Waals surface area contributed by atoms with E-state index in [4.69, 9.17) is 19.4 Å². The zero-order chi connectivity index (χ0) is 19.3. The van der Waals surface area contributed by atoms with E-state index in [0.29, 0.717) is 10.8 Å². The molecular weight excluding hydrogens is 453 g/mol. The molecule has 0 atom stereocenters. The summed E-state index contributed by atoms with van der Waals surface area (Å²) < 4.78 is 0. The summed E-state index contributed by atoms with van der Waals surface area (Å²) in [4.78, 5) is 4.37. The molecule has 1 heterocycles. The summed E-state index contributed by atoms with van der Waals surface area (Å²) >= 11 is 3.42. The number of halogens is 2. The van der Waals surface area contributed by atoms with Crippen molar-refractivity contribution in [2.24, 2.45) is 5.10 Å². The summed E-state index contributed by atoms with van der Waals surface area (Å²) in [5.74, 6) is 0. The number of para-hydroxylation sites is 1. The maximum absolute atomic E-state index is 4.95.